The van der Waals surface area contributed by atoms with Gasteiger partial charge >= 0.3 is 0 Å². The van der Waals surface area contributed by atoms with Gasteiger partial charge in [-0.15, -0.1) is 0 Å². The topological polar surface area (TPSA) is 88.0 Å². The Balaban J connectivity index is 1.69. The van der Waals surface area contributed by atoms with Crippen LogP contribution in [0.25, 0.3) is 11.3 Å². The molecule has 1 aromatic carbocycles. The first-order valence-electron chi connectivity index (χ1n) is 10.8. The fourth-order valence-corrected chi connectivity index (χ4v) is 3.53. The largest absolute Gasteiger partial charge is 0.382 e. The Labute approximate surface area is 193 Å². The van der Waals surface area contributed by atoms with E-state index in [2.05, 4.69) is 20.3 Å². The van der Waals surface area contributed by atoms with E-state index in [1.807, 2.05) is 57.2 Å². The minimum absolute atomic E-state index is 0.226. The molecule has 0 spiro atoms. The number of aromatic nitrogens is 3. The van der Waals surface area contributed by atoms with Gasteiger partial charge in [0.2, 0.25) is 0 Å². The Kier molecular flexibility index (Phi) is 6.56. The molecule has 0 aliphatic rings. The molecule has 0 aliphatic heterocycles. The maximum atomic E-state index is 13.2. The second kappa shape index (κ2) is 9.71. The van der Waals surface area contributed by atoms with Crippen LogP contribution >= 0.6 is 0 Å². The first kappa shape index (κ1) is 22.3. The molecular weight excluding hydrogens is 412 g/mol. The molecule has 0 fully saturated rings. The van der Waals surface area contributed by atoms with Crippen LogP contribution in [0.1, 0.15) is 57.5 Å². The lowest BCUT2D eigenvalue weighted by Crippen LogP contribution is -2.27. The number of hydrogen-bond donors (Lipinski definition) is 2. The standard InChI is InChI=1S/C27H26N4O2/c1-17-7-10-24(30-15-17)21-12-22(26(32)25-6-4-5-11-28-25)14-23(13-21)27(33)31-19(3)20-9-8-18(2)29-16-20/h4-16,19,26,32H,1-3H3,(H,31,33). The average Bonchev–Trinajstić information content (AvgIpc) is 2.84. The van der Waals surface area contributed by atoms with Gasteiger partial charge in [0.25, 0.3) is 5.91 Å². The fraction of sp³-hybridized carbons (Fsp3) is 0.185. The lowest BCUT2D eigenvalue weighted by Gasteiger charge is -2.17. The van der Waals surface area contributed by atoms with Crippen molar-refractivity contribution in [2.75, 3.05) is 0 Å². The monoisotopic (exact) mass is 438 g/mol. The molecule has 0 saturated heterocycles. The number of benzene rings is 1. The normalized spacial score (nSPS) is 12.7. The van der Waals surface area contributed by atoms with E-state index in [0.29, 0.717) is 16.8 Å². The molecule has 2 N–H and O–H groups in total. The molecule has 6 nitrogen and oxygen atoms in total. The van der Waals surface area contributed by atoms with Gasteiger partial charge in [0.1, 0.15) is 6.10 Å². The average molecular weight is 439 g/mol. The number of aryl methyl sites for hydroxylation is 2. The van der Waals surface area contributed by atoms with Crippen molar-refractivity contribution < 1.29 is 9.90 Å². The summed E-state index contributed by atoms with van der Waals surface area (Å²) >= 11 is 0. The number of rotatable bonds is 6. The highest BCUT2D eigenvalue weighted by Crippen LogP contribution is 2.28. The highest BCUT2D eigenvalue weighted by Gasteiger charge is 2.18. The van der Waals surface area contributed by atoms with Crippen LogP contribution in [0.15, 0.2) is 79.3 Å². The van der Waals surface area contributed by atoms with Gasteiger partial charge in [-0.3, -0.25) is 19.7 Å². The van der Waals surface area contributed by atoms with E-state index in [1.54, 1.807) is 42.9 Å². The Morgan fingerprint density at radius 3 is 2.42 bits per heavy atom. The number of hydrogen-bond acceptors (Lipinski definition) is 5. The van der Waals surface area contributed by atoms with E-state index in [9.17, 15) is 9.90 Å². The number of aliphatic hydroxyl groups is 1. The van der Waals surface area contributed by atoms with Crippen LogP contribution in [0, 0.1) is 13.8 Å². The van der Waals surface area contributed by atoms with Gasteiger partial charge in [-0.1, -0.05) is 18.2 Å². The summed E-state index contributed by atoms with van der Waals surface area (Å²) in [6.07, 6.45) is 4.21. The van der Waals surface area contributed by atoms with E-state index < -0.39 is 6.10 Å². The van der Waals surface area contributed by atoms with Crippen LogP contribution in [0.3, 0.4) is 0 Å². The molecule has 1 amide bonds. The highest BCUT2D eigenvalue weighted by molar-refractivity contribution is 5.96. The van der Waals surface area contributed by atoms with E-state index in [4.69, 9.17) is 0 Å². The minimum atomic E-state index is -0.970. The third-order valence-electron chi connectivity index (χ3n) is 5.49. The molecule has 0 bridgehead atoms. The lowest BCUT2D eigenvalue weighted by atomic mass is 9.97. The van der Waals surface area contributed by atoms with Crippen LogP contribution < -0.4 is 5.32 Å². The van der Waals surface area contributed by atoms with Crippen LogP contribution in [-0.2, 0) is 0 Å². The van der Waals surface area contributed by atoms with E-state index >= 15 is 0 Å². The molecule has 2 atom stereocenters. The quantitative estimate of drug-likeness (QED) is 0.454. The molecule has 4 aromatic rings. The van der Waals surface area contributed by atoms with Crippen LogP contribution in [0.5, 0.6) is 0 Å². The zero-order valence-corrected chi connectivity index (χ0v) is 18.9. The summed E-state index contributed by atoms with van der Waals surface area (Å²) in [6, 6.07) is 18.2. The predicted octanol–water partition coefficient (Wildman–Crippen LogP) is 4.73. The number of carbonyl (C=O) groups excluding carboxylic acids is 1. The summed E-state index contributed by atoms with van der Waals surface area (Å²) in [6.45, 7) is 5.81. The zero-order chi connectivity index (χ0) is 23.4. The summed E-state index contributed by atoms with van der Waals surface area (Å²) < 4.78 is 0. The predicted molar refractivity (Wildman–Crippen MR) is 128 cm³/mol. The first-order chi connectivity index (χ1) is 15.9. The Hall–Kier alpha value is -3.90. The second-order valence-electron chi connectivity index (χ2n) is 8.15. The first-order valence-corrected chi connectivity index (χ1v) is 10.8. The third-order valence-corrected chi connectivity index (χ3v) is 5.49. The van der Waals surface area contributed by atoms with Crippen LogP contribution in [-0.4, -0.2) is 26.0 Å². The molecule has 0 aliphatic carbocycles. The van der Waals surface area contributed by atoms with Crippen molar-refractivity contribution in [3.8, 4) is 11.3 Å². The summed E-state index contributed by atoms with van der Waals surface area (Å²) in [5, 5.41) is 14.0. The number of nitrogens with zero attached hydrogens (tertiary/aromatic N) is 3. The lowest BCUT2D eigenvalue weighted by molar-refractivity contribution is 0.0939. The summed E-state index contributed by atoms with van der Waals surface area (Å²) in [4.78, 5) is 26.3. The molecule has 6 heteroatoms. The maximum absolute atomic E-state index is 13.2. The van der Waals surface area contributed by atoms with Crippen LogP contribution in [0.4, 0.5) is 0 Å². The Bertz CT molecular complexity index is 1240. The van der Waals surface area contributed by atoms with Crippen molar-refractivity contribution >= 4 is 5.91 Å². The Morgan fingerprint density at radius 1 is 0.909 bits per heavy atom. The van der Waals surface area contributed by atoms with Gasteiger partial charge in [-0.05, 0) is 79.9 Å². The van der Waals surface area contributed by atoms with Crippen molar-refractivity contribution in [1.29, 1.82) is 0 Å². The number of aliphatic hydroxyl groups excluding tert-OH is 1. The number of nitrogens with one attached hydrogen (secondary N) is 1. The van der Waals surface area contributed by atoms with Crippen LogP contribution in [0.2, 0.25) is 0 Å². The Morgan fingerprint density at radius 2 is 1.76 bits per heavy atom. The summed E-state index contributed by atoms with van der Waals surface area (Å²) in [5.74, 6) is -0.244. The van der Waals surface area contributed by atoms with Crippen molar-refractivity contribution in [3.05, 3.63) is 113 Å². The zero-order valence-electron chi connectivity index (χ0n) is 18.9. The van der Waals surface area contributed by atoms with E-state index in [-0.39, 0.29) is 11.9 Å². The third kappa shape index (κ3) is 5.30. The van der Waals surface area contributed by atoms with Crippen molar-refractivity contribution in [3.63, 3.8) is 0 Å². The second-order valence-corrected chi connectivity index (χ2v) is 8.15. The fourth-order valence-electron chi connectivity index (χ4n) is 3.53. The van der Waals surface area contributed by atoms with E-state index in [0.717, 1.165) is 28.1 Å². The number of carbonyl (C=O) groups is 1. The number of amides is 1. The van der Waals surface area contributed by atoms with Gasteiger partial charge in [0, 0.05) is 35.4 Å². The molecular formula is C27H26N4O2. The van der Waals surface area contributed by atoms with Gasteiger partial charge in [-0.25, -0.2) is 0 Å². The molecule has 3 aromatic heterocycles. The van der Waals surface area contributed by atoms with Gasteiger partial charge in [0.15, 0.2) is 0 Å². The molecule has 2 unspecified atom stereocenters. The minimum Gasteiger partial charge on any atom is -0.382 e. The van der Waals surface area contributed by atoms with E-state index in [1.165, 1.54) is 0 Å². The van der Waals surface area contributed by atoms with Crippen molar-refractivity contribution in [1.82, 2.24) is 20.3 Å². The molecule has 0 saturated carbocycles. The van der Waals surface area contributed by atoms with Crippen molar-refractivity contribution in [2.24, 2.45) is 0 Å². The van der Waals surface area contributed by atoms with Gasteiger partial charge in [0.05, 0.1) is 17.4 Å². The van der Waals surface area contributed by atoms with Gasteiger partial charge < -0.3 is 10.4 Å². The molecule has 4 rings (SSSR count). The maximum Gasteiger partial charge on any atom is 0.251 e. The summed E-state index contributed by atoms with van der Waals surface area (Å²) in [5.41, 5.74) is 5.87. The SMILES string of the molecule is Cc1ccc(-c2cc(C(=O)NC(C)c3ccc(C)nc3)cc(C(O)c3ccccn3)c2)nc1. The summed E-state index contributed by atoms with van der Waals surface area (Å²) in [7, 11) is 0. The molecule has 0 radical (unpaired) electrons. The molecule has 3 heterocycles. The van der Waals surface area contributed by atoms with Crippen molar-refractivity contribution in [2.45, 2.75) is 32.9 Å². The highest BCUT2D eigenvalue weighted by atomic mass is 16.3. The smallest absolute Gasteiger partial charge is 0.251 e. The van der Waals surface area contributed by atoms with Gasteiger partial charge in [-0.2, -0.15) is 0 Å². The molecule has 33 heavy (non-hydrogen) atoms. The molecule has 166 valence electrons. The number of pyridine rings is 3.